The van der Waals surface area contributed by atoms with E-state index in [9.17, 15) is 14.3 Å². The Labute approximate surface area is 131 Å². The van der Waals surface area contributed by atoms with Gasteiger partial charge in [-0.1, -0.05) is 31.9 Å². The number of halogens is 1. The van der Waals surface area contributed by atoms with E-state index >= 15 is 0 Å². The molecule has 1 aromatic carbocycles. The molecule has 4 heteroatoms. The van der Waals surface area contributed by atoms with Gasteiger partial charge in [-0.2, -0.15) is 0 Å². The molecule has 0 spiro atoms. The first-order valence-corrected chi connectivity index (χ1v) is 8.23. The number of aliphatic hydroxyl groups is 1. The number of hydrogen-bond acceptors (Lipinski definition) is 2. The minimum atomic E-state index is -0.366. The molecule has 1 amide bonds. The lowest BCUT2D eigenvalue weighted by Crippen LogP contribution is -2.55. The fourth-order valence-corrected chi connectivity index (χ4v) is 4.03. The van der Waals surface area contributed by atoms with Crippen molar-refractivity contribution in [2.75, 3.05) is 13.1 Å². The third-order valence-corrected chi connectivity index (χ3v) is 5.55. The monoisotopic (exact) mass is 305 g/mol. The summed E-state index contributed by atoms with van der Waals surface area (Å²) in [5.74, 6) is 0.282. The molecule has 1 aromatic rings. The first kappa shape index (κ1) is 15.5. The molecule has 22 heavy (non-hydrogen) atoms. The van der Waals surface area contributed by atoms with Gasteiger partial charge in [0.2, 0.25) is 5.91 Å². The maximum Gasteiger partial charge on any atom is 0.223 e. The molecule has 1 heterocycles. The third kappa shape index (κ3) is 2.76. The SMILES string of the molecule is CC1CCCCC1(CC(=O)N1CC(O)C1)c1ccc(F)cc1. The van der Waals surface area contributed by atoms with Crippen LogP contribution < -0.4 is 0 Å². The first-order valence-electron chi connectivity index (χ1n) is 8.23. The number of hydrogen-bond donors (Lipinski definition) is 1. The number of rotatable bonds is 3. The number of carbonyl (C=O) groups is 1. The van der Waals surface area contributed by atoms with Gasteiger partial charge in [-0.25, -0.2) is 4.39 Å². The second-order valence-corrected chi connectivity index (χ2v) is 6.94. The molecule has 3 nitrogen and oxygen atoms in total. The van der Waals surface area contributed by atoms with Gasteiger partial charge in [0.05, 0.1) is 6.10 Å². The number of amides is 1. The number of nitrogens with zero attached hydrogens (tertiary/aromatic N) is 1. The van der Waals surface area contributed by atoms with Crippen LogP contribution >= 0.6 is 0 Å². The lowest BCUT2D eigenvalue weighted by Gasteiger charge is -2.45. The van der Waals surface area contributed by atoms with Crippen LogP contribution in [0.5, 0.6) is 0 Å². The average molecular weight is 305 g/mol. The summed E-state index contributed by atoms with van der Waals surface area (Å²) < 4.78 is 13.3. The van der Waals surface area contributed by atoms with Crippen molar-refractivity contribution >= 4 is 5.91 Å². The summed E-state index contributed by atoms with van der Waals surface area (Å²) in [6.07, 6.45) is 4.48. The fourth-order valence-electron chi connectivity index (χ4n) is 4.03. The summed E-state index contributed by atoms with van der Waals surface area (Å²) >= 11 is 0. The molecule has 1 saturated carbocycles. The molecule has 2 fully saturated rings. The molecule has 0 aromatic heterocycles. The number of benzene rings is 1. The summed E-state index contributed by atoms with van der Waals surface area (Å²) in [6, 6.07) is 6.68. The van der Waals surface area contributed by atoms with Crippen molar-refractivity contribution in [3.8, 4) is 0 Å². The van der Waals surface area contributed by atoms with Gasteiger partial charge in [0, 0.05) is 24.9 Å². The van der Waals surface area contributed by atoms with E-state index in [0.29, 0.717) is 25.4 Å². The summed E-state index contributed by atoms with van der Waals surface area (Å²) in [4.78, 5) is 14.3. The van der Waals surface area contributed by atoms with Crippen molar-refractivity contribution in [1.82, 2.24) is 4.90 Å². The second-order valence-electron chi connectivity index (χ2n) is 6.94. The first-order chi connectivity index (χ1) is 10.5. The number of aliphatic hydroxyl groups excluding tert-OH is 1. The third-order valence-electron chi connectivity index (χ3n) is 5.55. The van der Waals surface area contributed by atoms with Crippen LogP contribution in [0, 0.1) is 11.7 Å². The second kappa shape index (κ2) is 5.99. The lowest BCUT2D eigenvalue weighted by molar-refractivity contribution is -0.143. The molecular formula is C18H24FNO2. The molecule has 120 valence electrons. The smallest absolute Gasteiger partial charge is 0.223 e. The van der Waals surface area contributed by atoms with E-state index in [1.165, 1.54) is 18.6 Å². The maximum absolute atomic E-state index is 13.3. The highest BCUT2D eigenvalue weighted by atomic mass is 19.1. The number of β-amino-alcohol motifs (C(OH)–C–C–N with tert-alkyl or cyclic N) is 1. The van der Waals surface area contributed by atoms with Gasteiger partial charge in [-0.05, 0) is 36.5 Å². The fraction of sp³-hybridized carbons (Fsp3) is 0.611. The van der Waals surface area contributed by atoms with Gasteiger partial charge in [-0.15, -0.1) is 0 Å². The maximum atomic E-state index is 13.3. The highest BCUT2D eigenvalue weighted by Gasteiger charge is 2.43. The molecule has 2 unspecified atom stereocenters. The topological polar surface area (TPSA) is 40.5 Å². The van der Waals surface area contributed by atoms with E-state index in [1.807, 2.05) is 12.1 Å². The van der Waals surface area contributed by atoms with E-state index in [2.05, 4.69) is 6.92 Å². The van der Waals surface area contributed by atoms with Crippen molar-refractivity contribution in [2.24, 2.45) is 5.92 Å². The van der Waals surface area contributed by atoms with Crippen LogP contribution in [0.2, 0.25) is 0 Å². The minimum Gasteiger partial charge on any atom is -0.389 e. The zero-order valence-corrected chi connectivity index (χ0v) is 13.1. The molecule has 0 radical (unpaired) electrons. The molecule has 0 bridgehead atoms. The van der Waals surface area contributed by atoms with Gasteiger partial charge in [0.15, 0.2) is 0 Å². The zero-order chi connectivity index (χ0) is 15.7. The number of likely N-dealkylation sites (tertiary alicyclic amines) is 1. The molecule has 2 aliphatic rings. The van der Waals surface area contributed by atoms with Gasteiger partial charge in [0.1, 0.15) is 5.82 Å². The predicted octanol–water partition coefficient (Wildman–Crippen LogP) is 2.87. The van der Waals surface area contributed by atoms with Crippen LogP contribution in [0.15, 0.2) is 24.3 Å². The van der Waals surface area contributed by atoms with Crippen LogP contribution in [-0.4, -0.2) is 35.1 Å². The quantitative estimate of drug-likeness (QED) is 0.933. The lowest BCUT2D eigenvalue weighted by atomic mass is 9.61. The Kier molecular flexibility index (Phi) is 4.22. The van der Waals surface area contributed by atoms with Crippen molar-refractivity contribution in [1.29, 1.82) is 0 Å². The van der Waals surface area contributed by atoms with Gasteiger partial charge >= 0.3 is 0 Å². The van der Waals surface area contributed by atoms with Crippen molar-refractivity contribution in [3.63, 3.8) is 0 Å². The van der Waals surface area contributed by atoms with Crippen molar-refractivity contribution in [2.45, 2.75) is 50.5 Å². The van der Waals surface area contributed by atoms with E-state index in [1.54, 1.807) is 4.90 Å². The van der Waals surface area contributed by atoms with E-state index < -0.39 is 0 Å². The summed E-state index contributed by atoms with van der Waals surface area (Å²) in [5.41, 5.74) is 0.888. The zero-order valence-electron chi connectivity index (χ0n) is 13.1. The molecule has 1 aliphatic carbocycles. The number of carbonyl (C=O) groups excluding carboxylic acids is 1. The summed E-state index contributed by atoms with van der Waals surface area (Å²) in [7, 11) is 0. The minimum absolute atomic E-state index is 0.114. The van der Waals surface area contributed by atoms with Gasteiger partial charge in [0.25, 0.3) is 0 Å². The van der Waals surface area contributed by atoms with Crippen LogP contribution in [0.25, 0.3) is 0 Å². The van der Waals surface area contributed by atoms with Gasteiger partial charge < -0.3 is 10.0 Å². The van der Waals surface area contributed by atoms with Crippen LogP contribution in [-0.2, 0) is 10.2 Å². The summed E-state index contributed by atoms with van der Waals surface area (Å²) in [5, 5.41) is 9.40. The Morgan fingerprint density at radius 1 is 1.32 bits per heavy atom. The molecule has 2 atom stereocenters. The van der Waals surface area contributed by atoms with E-state index in [4.69, 9.17) is 0 Å². The predicted molar refractivity (Wildman–Crippen MR) is 82.9 cm³/mol. The highest BCUT2D eigenvalue weighted by molar-refractivity contribution is 5.79. The van der Waals surface area contributed by atoms with Crippen LogP contribution in [0.3, 0.4) is 0 Å². The van der Waals surface area contributed by atoms with E-state index in [-0.39, 0.29) is 23.2 Å². The Hall–Kier alpha value is -1.42. The Balaban J connectivity index is 1.86. The van der Waals surface area contributed by atoms with Gasteiger partial charge in [-0.3, -0.25) is 4.79 Å². The molecule has 1 aliphatic heterocycles. The summed E-state index contributed by atoms with van der Waals surface area (Å²) in [6.45, 7) is 3.11. The van der Waals surface area contributed by atoms with Crippen molar-refractivity contribution in [3.05, 3.63) is 35.6 Å². The van der Waals surface area contributed by atoms with E-state index in [0.717, 1.165) is 24.8 Å². The Morgan fingerprint density at radius 2 is 2.00 bits per heavy atom. The average Bonchev–Trinajstić information content (AvgIpc) is 2.47. The molecule has 1 N–H and O–H groups in total. The normalized spacial score (nSPS) is 29.2. The van der Waals surface area contributed by atoms with Crippen LogP contribution in [0.4, 0.5) is 4.39 Å². The van der Waals surface area contributed by atoms with Crippen molar-refractivity contribution < 1.29 is 14.3 Å². The molecular weight excluding hydrogens is 281 g/mol. The molecule has 1 saturated heterocycles. The highest BCUT2D eigenvalue weighted by Crippen LogP contribution is 2.46. The van der Waals surface area contributed by atoms with Crippen LogP contribution in [0.1, 0.15) is 44.6 Å². The Bertz CT molecular complexity index is 539. The Morgan fingerprint density at radius 3 is 2.59 bits per heavy atom. The largest absolute Gasteiger partial charge is 0.389 e. The standard InChI is InChI=1S/C18H24FNO2/c1-13-4-2-3-9-18(13,14-5-7-15(19)8-6-14)10-17(22)20-11-16(21)12-20/h5-8,13,16,21H,2-4,9-12H2,1H3. The molecule has 3 rings (SSSR count).